The topological polar surface area (TPSA) is 40.5 Å². The molecule has 0 saturated heterocycles. The molecule has 23 heavy (non-hydrogen) atoms. The van der Waals surface area contributed by atoms with E-state index in [0.717, 1.165) is 12.8 Å². The Morgan fingerprint density at radius 3 is 1.26 bits per heavy atom. The van der Waals surface area contributed by atoms with Crippen LogP contribution in [-0.4, -0.2) is 31.7 Å². The molecule has 2 nitrogen and oxygen atoms in total. The summed E-state index contributed by atoms with van der Waals surface area (Å²) in [4.78, 5) is 8.66. The van der Waals surface area contributed by atoms with Crippen LogP contribution in [-0.2, 0) is 23.3 Å². The van der Waals surface area contributed by atoms with Crippen LogP contribution in [0.25, 0.3) is 0 Å². The van der Waals surface area contributed by atoms with Crippen LogP contribution in [0.4, 0.5) is 0 Å². The number of hydrogen-bond acceptors (Lipinski definition) is 2. The van der Waals surface area contributed by atoms with Gasteiger partial charge in [-0.1, -0.05) is 0 Å². The Labute approximate surface area is 174 Å². The van der Waals surface area contributed by atoms with E-state index < -0.39 is 8.32 Å². The van der Waals surface area contributed by atoms with Crippen LogP contribution in [0.3, 0.4) is 0 Å². The van der Waals surface area contributed by atoms with E-state index in [0.29, 0.717) is 0 Å². The molecule has 2 aliphatic rings. The molecule has 2 aliphatic carbocycles. The molecule has 0 spiro atoms. The molecule has 0 aromatic rings. The van der Waals surface area contributed by atoms with Crippen molar-refractivity contribution in [2.75, 3.05) is 6.61 Å². The van der Waals surface area contributed by atoms with Gasteiger partial charge in [0.1, 0.15) is 0 Å². The minimum atomic E-state index is -1.61. The Kier molecular flexibility index (Phi) is 58.0. The third-order valence-electron chi connectivity index (χ3n) is 1.17. The van der Waals surface area contributed by atoms with Gasteiger partial charge in [-0.05, 0) is 26.6 Å². The third kappa shape index (κ3) is 84.7. The van der Waals surface area contributed by atoms with E-state index in [4.69, 9.17) is 9.90 Å². The Bertz CT molecular complexity index is 255. The average Bonchev–Trinajstić information content (AvgIpc) is 3.09. The average molecular weight is 476 g/mol. The van der Waals surface area contributed by atoms with Crippen molar-refractivity contribution < 1.29 is 33.2 Å². The Hall–Kier alpha value is 0.777. The van der Waals surface area contributed by atoms with Crippen LogP contribution < -0.4 is 0 Å². The van der Waals surface area contributed by atoms with E-state index in [1.165, 1.54) is 0 Å². The number of hydrogen-bond donors (Lipinski definition) is 2. The van der Waals surface area contributed by atoms with Gasteiger partial charge in [-0.2, -0.15) is 12.2 Å². The van der Waals surface area contributed by atoms with Gasteiger partial charge in [0, 0.05) is 6.61 Å². The fourth-order valence-corrected chi connectivity index (χ4v) is 0.680. The van der Waals surface area contributed by atoms with Crippen molar-refractivity contribution >= 4 is 40.0 Å². The Morgan fingerprint density at radius 2 is 1.22 bits per heavy atom. The fourth-order valence-electron chi connectivity index (χ4n) is 0.680. The number of rotatable bonds is 0. The molecule has 0 radical (unpaired) electrons. The maximum atomic E-state index is 8.66. The second-order valence-corrected chi connectivity index (χ2v) is 8.83. The quantitative estimate of drug-likeness (QED) is 0.413. The molecule has 0 heterocycles. The fraction of sp³-hybridized carbons (Fsp3) is 0.438. The summed E-state index contributed by atoms with van der Waals surface area (Å²) in [5.74, 6) is 0. The van der Waals surface area contributed by atoms with Crippen molar-refractivity contribution in [3.05, 3.63) is 56.0 Å². The van der Waals surface area contributed by atoms with Crippen LogP contribution in [0.15, 0.2) is 36.5 Å². The standard InChI is InChI=1S/2C5H5.C3H10OSi.C2H6O.CH3.2ClH.H2Si.Zr/c2*1-2-4-5-3-1;1-5(2,3)4;1-2-3;;;;;/h2*1-3H,4H2;4H,1-3H3;3H,2H2,1H3;1H3;2*1H;1H2;/q2*-1;;;-1;;;;. The SMILES string of the molecule is CCO.C[Si](C)(C)O.Cl.Cl.[C-]1=CC=CC1.[C-]1=CC=CC1.[CH3-].[SiH2]=[Zr]. The first-order valence-corrected chi connectivity index (χ1v) is 15.9. The summed E-state index contributed by atoms with van der Waals surface area (Å²) >= 11 is 1.58. The number of halogens is 2. The molecule has 2 rings (SSSR count). The van der Waals surface area contributed by atoms with E-state index in [1.807, 2.05) is 50.8 Å². The van der Waals surface area contributed by atoms with Crippen LogP contribution >= 0.6 is 24.8 Å². The summed E-state index contributed by atoms with van der Waals surface area (Å²) in [7, 11) is -1.61. The van der Waals surface area contributed by atoms with Crippen molar-refractivity contribution in [2.45, 2.75) is 39.4 Å². The molecule has 0 aromatic heterocycles. The van der Waals surface area contributed by atoms with Crippen LogP contribution in [0.2, 0.25) is 19.6 Å². The summed E-state index contributed by atoms with van der Waals surface area (Å²) < 4.78 is 0. The number of aliphatic hydroxyl groups excluding tert-OH is 1. The van der Waals surface area contributed by atoms with Crippen molar-refractivity contribution in [2.24, 2.45) is 0 Å². The molecule has 0 bridgehead atoms. The zero-order valence-electron chi connectivity index (χ0n) is 15.0. The van der Waals surface area contributed by atoms with Gasteiger partial charge in [-0.3, -0.25) is 12.2 Å². The predicted octanol–water partition coefficient (Wildman–Crippen LogP) is 3.80. The van der Waals surface area contributed by atoms with Gasteiger partial charge in [0.15, 0.2) is 8.32 Å². The first-order chi connectivity index (χ1) is 9.41. The zero-order valence-corrected chi connectivity index (χ0v) is 21.5. The number of allylic oxidation sites excluding steroid dienone is 8. The molecule has 7 heteroatoms. The normalized spacial score (nSPS) is 11.2. The van der Waals surface area contributed by atoms with Crippen LogP contribution in [0.5, 0.6) is 0 Å². The van der Waals surface area contributed by atoms with Crippen LogP contribution in [0, 0.1) is 19.6 Å². The van der Waals surface area contributed by atoms with Crippen molar-refractivity contribution in [3.8, 4) is 0 Å². The second-order valence-electron chi connectivity index (χ2n) is 4.49. The maximum absolute atomic E-state index is 8.66. The summed E-state index contributed by atoms with van der Waals surface area (Å²) in [5, 5.41) is 7.57. The Morgan fingerprint density at radius 1 is 1.00 bits per heavy atom. The summed E-state index contributed by atoms with van der Waals surface area (Å²) in [6.45, 7) is 9.53. The first-order valence-electron chi connectivity index (χ1n) is 6.53. The molecule has 0 aromatic carbocycles. The van der Waals surface area contributed by atoms with Crippen molar-refractivity contribution in [3.63, 3.8) is 0 Å². The van der Waals surface area contributed by atoms with E-state index >= 15 is 0 Å². The molecule has 0 unspecified atom stereocenters. The molecule has 0 fully saturated rings. The van der Waals surface area contributed by atoms with Gasteiger partial charge in [-0.15, -0.1) is 37.7 Å². The van der Waals surface area contributed by atoms with E-state index in [-0.39, 0.29) is 38.8 Å². The summed E-state index contributed by atoms with van der Waals surface area (Å²) in [5.41, 5.74) is 0. The van der Waals surface area contributed by atoms with Gasteiger partial charge >= 0.3 is 30.2 Å². The summed E-state index contributed by atoms with van der Waals surface area (Å²) in [6, 6.07) is 0. The van der Waals surface area contributed by atoms with Gasteiger partial charge in [0.05, 0.1) is 0 Å². The van der Waals surface area contributed by atoms with E-state index in [2.05, 4.69) is 24.3 Å². The Balaban J connectivity index is -0.0000000393. The third-order valence-corrected chi connectivity index (χ3v) is 1.17. The monoisotopic (exact) mass is 473 g/mol. The second kappa shape index (κ2) is 34.2. The zero-order chi connectivity index (χ0) is 16.3. The molecule has 2 N–H and O–H groups in total. The van der Waals surface area contributed by atoms with Crippen LogP contribution in [0.1, 0.15) is 19.8 Å². The molecular weight excluding hydrogens is 442 g/mol. The molecular formula is C16H33Cl2O2Si2Zr-3. The van der Waals surface area contributed by atoms with Gasteiger partial charge in [0.25, 0.3) is 0 Å². The minimum absolute atomic E-state index is 0. The predicted molar refractivity (Wildman–Crippen MR) is 111 cm³/mol. The summed E-state index contributed by atoms with van der Waals surface area (Å²) in [6.07, 6.45) is 20.0. The molecule has 0 atom stereocenters. The van der Waals surface area contributed by atoms with Gasteiger partial charge < -0.3 is 17.3 Å². The van der Waals surface area contributed by atoms with Gasteiger partial charge in [-0.25, -0.2) is 24.3 Å². The van der Waals surface area contributed by atoms with Gasteiger partial charge in [0.2, 0.25) is 0 Å². The number of aliphatic hydroxyl groups is 1. The first kappa shape index (κ1) is 39.0. The molecule has 138 valence electrons. The molecule has 0 saturated carbocycles. The van der Waals surface area contributed by atoms with Crippen molar-refractivity contribution in [1.82, 2.24) is 0 Å². The molecule has 0 aliphatic heterocycles. The van der Waals surface area contributed by atoms with E-state index in [9.17, 15) is 0 Å². The van der Waals surface area contributed by atoms with E-state index in [1.54, 1.807) is 30.3 Å². The molecule has 0 amide bonds. The van der Waals surface area contributed by atoms with Crippen molar-refractivity contribution in [1.29, 1.82) is 0 Å².